The smallest absolute Gasteiger partial charge is 0.191 e. The minimum absolute atomic E-state index is 0. The van der Waals surface area contributed by atoms with Crippen molar-refractivity contribution in [1.82, 2.24) is 20.4 Å². The molecule has 1 aromatic heterocycles. The van der Waals surface area contributed by atoms with Crippen molar-refractivity contribution in [3.05, 3.63) is 52.3 Å². The fourth-order valence-corrected chi connectivity index (χ4v) is 2.96. The summed E-state index contributed by atoms with van der Waals surface area (Å²) >= 11 is 0. The first-order chi connectivity index (χ1) is 11.6. The number of nitrogens with one attached hydrogen (secondary N) is 2. The van der Waals surface area contributed by atoms with Crippen molar-refractivity contribution >= 4 is 29.9 Å². The summed E-state index contributed by atoms with van der Waals surface area (Å²) in [7, 11) is 3.80. The molecule has 0 radical (unpaired) electrons. The minimum Gasteiger partial charge on any atom is -0.356 e. The van der Waals surface area contributed by atoms with Crippen molar-refractivity contribution in [1.29, 1.82) is 0 Å². The highest BCUT2D eigenvalue weighted by atomic mass is 127. The Morgan fingerprint density at radius 2 is 1.84 bits per heavy atom. The third-order valence-corrected chi connectivity index (χ3v) is 4.50. The fraction of sp³-hybridized carbons (Fsp3) is 0.474. The van der Waals surface area contributed by atoms with Crippen LogP contribution in [0.3, 0.4) is 0 Å². The van der Waals surface area contributed by atoms with E-state index in [4.69, 9.17) is 0 Å². The molecule has 2 aromatic rings. The molecule has 2 rings (SSSR count). The summed E-state index contributed by atoms with van der Waals surface area (Å²) in [6.07, 6.45) is 1.99. The number of nitrogens with zero attached hydrogens (tertiary/aromatic N) is 3. The number of halogens is 1. The van der Waals surface area contributed by atoms with Crippen LogP contribution in [0.4, 0.5) is 0 Å². The van der Waals surface area contributed by atoms with Crippen LogP contribution in [0.15, 0.2) is 29.3 Å². The molecule has 0 atom stereocenters. The van der Waals surface area contributed by atoms with Gasteiger partial charge in [0.2, 0.25) is 0 Å². The number of guanidine groups is 1. The van der Waals surface area contributed by atoms with Crippen molar-refractivity contribution in [3.63, 3.8) is 0 Å². The highest BCUT2D eigenvalue weighted by Crippen LogP contribution is 2.12. The molecule has 0 amide bonds. The Labute approximate surface area is 168 Å². The molecular formula is C19H30IN5. The number of aryl methyl sites for hydroxylation is 3. The largest absolute Gasteiger partial charge is 0.356 e. The lowest BCUT2D eigenvalue weighted by molar-refractivity contribution is 0.728. The quantitative estimate of drug-likeness (QED) is 0.400. The molecule has 6 heteroatoms. The van der Waals surface area contributed by atoms with Gasteiger partial charge in [-0.25, -0.2) is 0 Å². The standard InChI is InChI=1S/C19H29N5.HI/c1-6-16-9-7-8-10-17(16)13-22-19(20-4)21-12-11-18-14(2)23-24(5)15(18)3;/h7-10H,6,11-13H2,1-5H3,(H2,20,21,22);1H. The number of hydrogen-bond donors (Lipinski definition) is 2. The van der Waals surface area contributed by atoms with Gasteiger partial charge in [0.15, 0.2) is 5.96 Å². The molecule has 0 fully saturated rings. The first-order valence-corrected chi connectivity index (χ1v) is 8.57. The van der Waals surface area contributed by atoms with Crippen molar-refractivity contribution in [3.8, 4) is 0 Å². The molecule has 138 valence electrons. The normalized spacial score (nSPS) is 11.2. The summed E-state index contributed by atoms with van der Waals surface area (Å²) in [6, 6.07) is 8.52. The second kappa shape index (κ2) is 10.4. The van der Waals surface area contributed by atoms with Gasteiger partial charge in [0.1, 0.15) is 0 Å². The second-order valence-electron chi connectivity index (χ2n) is 6.00. The van der Waals surface area contributed by atoms with Gasteiger partial charge >= 0.3 is 0 Å². The van der Waals surface area contributed by atoms with Gasteiger partial charge < -0.3 is 10.6 Å². The van der Waals surface area contributed by atoms with E-state index < -0.39 is 0 Å². The molecule has 2 N–H and O–H groups in total. The molecule has 5 nitrogen and oxygen atoms in total. The van der Waals surface area contributed by atoms with Crippen LogP contribution in [0.2, 0.25) is 0 Å². The van der Waals surface area contributed by atoms with Crippen molar-refractivity contribution in [2.24, 2.45) is 12.0 Å². The summed E-state index contributed by atoms with van der Waals surface area (Å²) < 4.78 is 1.94. The highest BCUT2D eigenvalue weighted by Gasteiger charge is 2.09. The van der Waals surface area contributed by atoms with E-state index in [2.05, 4.69) is 65.8 Å². The van der Waals surface area contributed by atoms with E-state index in [1.54, 1.807) is 0 Å². The summed E-state index contributed by atoms with van der Waals surface area (Å²) in [5.74, 6) is 0.833. The molecule has 0 saturated carbocycles. The Morgan fingerprint density at radius 3 is 2.40 bits per heavy atom. The van der Waals surface area contributed by atoms with Crippen molar-refractivity contribution in [2.45, 2.75) is 40.2 Å². The monoisotopic (exact) mass is 455 g/mol. The van der Waals surface area contributed by atoms with Gasteiger partial charge in [-0.05, 0) is 43.4 Å². The van der Waals surface area contributed by atoms with Crippen LogP contribution in [0.5, 0.6) is 0 Å². The molecule has 0 aliphatic rings. The van der Waals surface area contributed by atoms with Gasteiger partial charge in [-0.1, -0.05) is 31.2 Å². The van der Waals surface area contributed by atoms with Gasteiger partial charge in [0.25, 0.3) is 0 Å². The number of benzene rings is 1. The van der Waals surface area contributed by atoms with Gasteiger partial charge in [-0.2, -0.15) is 5.10 Å². The lowest BCUT2D eigenvalue weighted by Gasteiger charge is -2.14. The zero-order valence-corrected chi connectivity index (χ0v) is 18.2. The zero-order chi connectivity index (χ0) is 17.5. The van der Waals surface area contributed by atoms with E-state index in [0.717, 1.165) is 37.6 Å². The molecule has 1 heterocycles. The topological polar surface area (TPSA) is 54.2 Å². The third-order valence-electron chi connectivity index (χ3n) is 4.50. The highest BCUT2D eigenvalue weighted by molar-refractivity contribution is 14.0. The number of aromatic nitrogens is 2. The van der Waals surface area contributed by atoms with E-state index in [0.29, 0.717) is 0 Å². The fourth-order valence-electron chi connectivity index (χ4n) is 2.96. The predicted molar refractivity (Wildman–Crippen MR) is 116 cm³/mol. The molecule has 0 aliphatic carbocycles. The molecule has 0 saturated heterocycles. The number of hydrogen-bond acceptors (Lipinski definition) is 2. The molecule has 0 aliphatic heterocycles. The maximum absolute atomic E-state index is 4.47. The van der Waals surface area contributed by atoms with Crippen LogP contribution >= 0.6 is 24.0 Å². The van der Waals surface area contributed by atoms with Crippen LogP contribution in [-0.2, 0) is 26.4 Å². The molecule has 0 bridgehead atoms. The first kappa shape index (κ1) is 21.5. The van der Waals surface area contributed by atoms with Crippen LogP contribution in [-0.4, -0.2) is 29.3 Å². The predicted octanol–water partition coefficient (Wildman–Crippen LogP) is 3.13. The molecule has 1 aromatic carbocycles. The summed E-state index contributed by atoms with van der Waals surface area (Å²) in [5, 5.41) is 11.3. The van der Waals surface area contributed by atoms with Gasteiger partial charge in [-0.15, -0.1) is 24.0 Å². The Hall–Kier alpha value is -1.57. The Bertz CT molecular complexity index is 706. The van der Waals surface area contributed by atoms with Gasteiger partial charge in [0, 0.05) is 32.9 Å². The van der Waals surface area contributed by atoms with E-state index in [9.17, 15) is 0 Å². The molecule has 25 heavy (non-hydrogen) atoms. The first-order valence-electron chi connectivity index (χ1n) is 8.57. The molecular weight excluding hydrogens is 425 g/mol. The maximum Gasteiger partial charge on any atom is 0.191 e. The Balaban J connectivity index is 0.00000312. The lowest BCUT2D eigenvalue weighted by atomic mass is 10.1. The average Bonchev–Trinajstić information content (AvgIpc) is 2.84. The zero-order valence-electron chi connectivity index (χ0n) is 15.9. The Morgan fingerprint density at radius 1 is 1.16 bits per heavy atom. The minimum atomic E-state index is 0. The summed E-state index contributed by atoms with van der Waals surface area (Å²) in [5.41, 5.74) is 6.35. The number of rotatable bonds is 6. The Kier molecular flexibility index (Phi) is 8.96. The van der Waals surface area contributed by atoms with Gasteiger partial charge in [-0.3, -0.25) is 9.67 Å². The van der Waals surface area contributed by atoms with Crippen LogP contribution in [0.25, 0.3) is 0 Å². The second-order valence-corrected chi connectivity index (χ2v) is 6.00. The summed E-state index contributed by atoms with van der Waals surface area (Å²) in [4.78, 5) is 4.31. The van der Waals surface area contributed by atoms with Crippen molar-refractivity contribution in [2.75, 3.05) is 13.6 Å². The maximum atomic E-state index is 4.47. The SMILES string of the molecule is CCc1ccccc1CNC(=NC)NCCc1c(C)nn(C)c1C.I. The number of aliphatic imine (C=N–C) groups is 1. The van der Waals surface area contributed by atoms with Crippen LogP contribution < -0.4 is 10.6 Å². The van der Waals surface area contributed by atoms with E-state index >= 15 is 0 Å². The van der Waals surface area contributed by atoms with Crippen LogP contribution in [0, 0.1) is 13.8 Å². The van der Waals surface area contributed by atoms with E-state index in [1.807, 2.05) is 18.8 Å². The summed E-state index contributed by atoms with van der Waals surface area (Å²) in [6.45, 7) is 7.99. The van der Waals surface area contributed by atoms with Crippen LogP contribution in [0.1, 0.15) is 35.0 Å². The van der Waals surface area contributed by atoms with E-state index in [-0.39, 0.29) is 24.0 Å². The van der Waals surface area contributed by atoms with Crippen molar-refractivity contribution < 1.29 is 0 Å². The lowest BCUT2D eigenvalue weighted by Crippen LogP contribution is -2.38. The average molecular weight is 455 g/mol. The van der Waals surface area contributed by atoms with E-state index in [1.165, 1.54) is 22.4 Å². The molecule has 0 spiro atoms. The van der Waals surface area contributed by atoms with Gasteiger partial charge in [0.05, 0.1) is 5.69 Å². The third kappa shape index (κ3) is 5.73. The molecule has 0 unspecified atom stereocenters.